The van der Waals surface area contributed by atoms with Crippen molar-refractivity contribution in [2.45, 2.75) is 0 Å². The molecule has 9 aromatic carbocycles. The van der Waals surface area contributed by atoms with Crippen molar-refractivity contribution in [3.05, 3.63) is 290 Å². The summed E-state index contributed by atoms with van der Waals surface area (Å²) < 4.78 is 0. The topological polar surface area (TPSA) is 66.8 Å². The Balaban J connectivity index is 1.04. The van der Waals surface area contributed by atoms with Crippen molar-refractivity contribution >= 4 is 5.69 Å². The van der Waals surface area contributed by atoms with Gasteiger partial charge < -0.3 is 0 Å². The number of nitrogens with zero attached hydrogens (tertiary/aromatic N) is 5. The molecule has 0 atom stereocenters. The number of nitriles is 1. The lowest BCUT2D eigenvalue weighted by Gasteiger charge is -2.19. The van der Waals surface area contributed by atoms with Gasteiger partial charge in [-0.1, -0.05) is 194 Å². The molecule has 5 nitrogen and oxygen atoms in total. The van der Waals surface area contributed by atoms with Crippen LogP contribution in [0.4, 0.5) is 5.69 Å². The minimum atomic E-state index is 0.581. The van der Waals surface area contributed by atoms with E-state index in [1.807, 2.05) is 85.3 Å². The Morgan fingerprint density at radius 2 is 0.711 bits per heavy atom. The fourth-order valence-electron chi connectivity index (χ4n) is 10.1. The number of aromatic nitrogens is 3. The van der Waals surface area contributed by atoms with Crippen LogP contribution in [0.2, 0.25) is 0 Å². The van der Waals surface area contributed by atoms with Crippen molar-refractivity contribution in [2.24, 2.45) is 0 Å². The van der Waals surface area contributed by atoms with Gasteiger partial charge in [-0.25, -0.2) is 4.85 Å². The second-order valence-electron chi connectivity index (χ2n) is 18.6. The predicted molar refractivity (Wildman–Crippen MR) is 311 cm³/mol. The molecule has 354 valence electrons. The molecule has 0 aliphatic heterocycles. The lowest BCUT2D eigenvalue weighted by Crippen LogP contribution is -1.95. The second kappa shape index (κ2) is 20.9. The third-order valence-corrected chi connectivity index (χ3v) is 13.9. The highest BCUT2D eigenvalue weighted by Crippen LogP contribution is 2.45. The van der Waals surface area contributed by atoms with E-state index in [9.17, 15) is 5.26 Å². The van der Waals surface area contributed by atoms with Gasteiger partial charge in [-0.15, -0.1) is 0 Å². The summed E-state index contributed by atoms with van der Waals surface area (Å²) in [6.07, 6.45) is 5.90. The Kier molecular flexibility index (Phi) is 12.8. The lowest BCUT2D eigenvalue weighted by atomic mass is 9.85. The highest BCUT2D eigenvalue weighted by molar-refractivity contribution is 5.97. The quantitative estimate of drug-likeness (QED) is 0.121. The van der Waals surface area contributed by atoms with Crippen LogP contribution in [0.1, 0.15) is 5.56 Å². The van der Waals surface area contributed by atoms with E-state index >= 15 is 0 Å². The fraction of sp³-hybridized carbons (Fsp3) is 0. The summed E-state index contributed by atoms with van der Waals surface area (Å²) in [7, 11) is 0. The Bertz CT molecular complexity index is 4010. The zero-order chi connectivity index (χ0) is 51.2. The molecule has 0 unspecified atom stereocenters. The summed E-state index contributed by atoms with van der Waals surface area (Å²) >= 11 is 0. The lowest BCUT2D eigenvalue weighted by molar-refractivity contribution is 1.32. The molecule has 3 aromatic heterocycles. The minimum absolute atomic E-state index is 0.581. The van der Waals surface area contributed by atoms with Gasteiger partial charge in [0.05, 0.1) is 35.3 Å². The monoisotopic (exact) mass is 967 g/mol. The molecule has 0 aliphatic carbocycles. The first-order chi connectivity index (χ1) is 37.6. The van der Waals surface area contributed by atoms with E-state index in [1.165, 1.54) is 0 Å². The normalized spacial score (nSPS) is 10.9. The highest BCUT2D eigenvalue weighted by atomic mass is 14.7. The van der Waals surface area contributed by atoms with Gasteiger partial charge in [0, 0.05) is 46.4 Å². The van der Waals surface area contributed by atoms with E-state index in [2.05, 4.69) is 199 Å². The molecule has 0 spiro atoms. The van der Waals surface area contributed by atoms with Gasteiger partial charge in [0.1, 0.15) is 0 Å². The summed E-state index contributed by atoms with van der Waals surface area (Å²) in [5, 5.41) is 9.61. The molecule has 0 aliphatic rings. The van der Waals surface area contributed by atoms with Crippen LogP contribution >= 0.6 is 0 Å². The van der Waals surface area contributed by atoms with Gasteiger partial charge in [-0.3, -0.25) is 15.0 Å². The zero-order valence-corrected chi connectivity index (χ0v) is 41.2. The number of hydrogen-bond acceptors (Lipinski definition) is 4. The van der Waals surface area contributed by atoms with Crippen molar-refractivity contribution in [3.8, 4) is 129 Å². The third kappa shape index (κ3) is 9.48. The highest BCUT2D eigenvalue weighted by Gasteiger charge is 2.20. The van der Waals surface area contributed by atoms with Crippen molar-refractivity contribution in [1.82, 2.24) is 15.0 Å². The Labute approximate surface area is 442 Å². The van der Waals surface area contributed by atoms with E-state index in [1.54, 1.807) is 0 Å². The van der Waals surface area contributed by atoms with Gasteiger partial charge in [-0.05, 0) is 139 Å². The van der Waals surface area contributed by atoms with Crippen LogP contribution in [0.15, 0.2) is 273 Å². The molecule has 5 heteroatoms. The Morgan fingerprint density at radius 1 is 0.276 bits per heavy atom. The van der Waals surface area contributed by atoms with Crippen molar-refractivity contribution in [1.29, 1.82) is 5.26 Å². The van der Waals surface area contributed by atoms with Crippen LogP contribution in [-0.2, 0) is 0 Å². The number of hydrogen-bond donors (Lipinski definition) is 0. The molecule has 0 saturated heterocycles. The largest absolute Gasteiger partial charge is 0.256 e. The van der Waals surface area contributed by atoms with E-state index in [4.69, 9.17) is 21.5 Å². The standard InChI is InChI=1S/C71H45N5/c1-73-60-26-16-25-54(42-60)70-36-34-56(46-75-70)62-28-9-11-30-64(62)58-39-57(63-29-10-8-27-61(63)55-33-35-69(74-45-55)53-24-14-17-48(37-53)44-72)40-59(41-58)65-31-12-13-32-66(65)68-47-76-71(50-20-6-3-7-21-50)43-67(68)52-23-15-22-51(38-52)49-18-4-2-5-19-49/h2-43,45-47H. The summed E-state index contributed by atoms with van der Waals surface area (Å²) in [6, 6.07) is 90.3. The average molecular weight is 968 g/mol. The predicted octanol–water partition coefficient (Wildman–Crippen LogP) is 18.6. The third-order valence-electron chi connectivity index (χ3n) is 13.9. The first-order valence-corrected chi connectivity index (χ1v) is 25.1. The molecule has 0 saturated carbocycles. The van der Waals surface area contributed by atoms with Gasteiger partial charge in [0.2, 0.25) is 0 Å². The molecule has 0 N–H and O–H groups in total. The maximum atomic E-state index is 9.61. The van der Waals surface area contributed by atoms with Crippen LogP contribution in [0.25, 0.3) is 128 Å². The molecule has 12 rings (SSSR count). The summed E-state index contributed by atoms with van der Waals surface area (Å²) in [4.78, 5) is 18.7. The molecule has 0 fully saturated rings. The van der Waals surface area contributed by atoms with Gasteiger partial charge in [-0.2, -0.15) is 5.26 Å². The number of rotatable bonds is 11. The molecule has 0 amide bonds. The molecule has 76 heavy (non-hydrogen) atoms. The molecule has 12 aromatic rings. The molecular formula is C71H45N5. The SMILES string of the molecule is [C-]#[N+]c1cccc(-c2ccc(-c3ccccc3-c3cc(-c4ccccc4-c4ccc(-c5cccc(C#N)c5)nc4)cc(-c4ccccc4-c4cnc(-c5ccccc5)cc4-c4cccc(-c5ccccc5)c4)c3)cn2)c1. The van der Waals surface area contributed by atoms with Crippen molar-refractivity contribution in [2.75, 3.05) is 0 Å². The van der Waals surface area contributed by atoms with Gasteiger partial charge in [0.15, 0.2) is 5.69 Å². The minimum Gasteiger partial charge on any atom is -0.256 e. The second-order valence-corrected chi connectivity index (χ2v) is 18.6. The first kappa shape index (κ1) is 46.5. The smallest absolute Gasteiger partial charge is 0.187 e. The summed E-state index contributed by atoms with van der Waals surface area (Å²) in [6.45, 7) is 7.56. The van der Waals surface area contributed by atoms with Crippen LogP contribution in [0, 0.1) is 17.9 Å². The maximum absolute atomic E-state index is 9.61. The van der Waals surface area contributed by atoms with E-state index in [0.29, 0.717) is 11.3 Å². The van der Waals surface area contributed by atoms with Crippen LogP contribution in [0.3, 0.4) is 0 Å². The summed E-state index contributed by atoms with van der Waals surface area (Å²) in [5.41, 5.74) is 23.4. The van der Waals surface area contributed by atoms with Gasteiger partial charge >= 0.3 is 0 Å². The molecule has 0 radical (unpaired) electrons. The van der Waals surface area contributed by atoms with E-state index in [0.717, 1.165) is 123 Å². The van der Waals surface area contributed by atoms with Crippen LogP contribution in [-0.4, -0.2) is 15.0 Å². The van der Waals surface area contributed by atoms with E-state index in [-0.39, 0.29) is 0 Å². The summed E-state index contributed by atoms with van der Waals surface area (Å²) in [5.74, 6) is 0. The maximum Gasteiger partial charge on any atom is 0.187 e. The average Bonchev–Trinajstić information content (AvgIpc) is 3.55. The number of pyridine rings is 3. The first-order valence-electron chi connectivity index (χ1n) is 25.1. The van der Waals surface area contributed by atoms with E-state index < -0.39 is 0 Å². The molecular weight excluding hydrogens is 923 g/mol. The van der Waals surface area contributed by atoms with Crippen molar-refractivity contribution < 1.29 is 0 Å². The Hall–Kier alpha value is -10.6. The fourth-order valence-corrected chi connectivity index (χ4v) is 10.1. The Morgan fingerprint density at radius 3 is 1.26 bits per heavy atom. The molecule has 3 heterocycles. The van der Waals surface area contributed by atoms with Gasteiger partial charge in [0.25, 0.3) is 0 Å². The van der Waals surface area contributed by atoms with Crippen LogP contribution in [0.5, 0.6) is 0 Å². The van der Waals surface area contributed by atoms with Crippen molar-refractivity contribution in [3.63, 3.8) is 0 Å². The molecule has 0 bridgehead atoms. The zero-order valence-electron chi connectivity index (χ0n) is 41.2. The van der Waals surface area contributed by atoms with Crippen LogP contribution < -0.4 is 0 Å². The number of benzene rings is 9.